The Morgan fingerprint density at radius 1 is 1.31 bits per heavy atom. The highest BCUT2D eigenvalue weighted by molar-refractivity contribution is 7.80. The molecule has 16 heavy (non-hydrogen) atoms. The SMILES string of the molecule is CCc1cccc(NC(=S)NC(C)(C)C)c1. The molecular formula is C13H20N2S. The summed E-state index contributed by atoms with van der Waals surface area (Å²) < 4.78 is 0. The second kappa shape index (κ2) is 5.30. The van der Waals surface area contributed by atoms with Crippen LogP contribution in [0.15, 0.2) is 24.3 Å². The van der Waals surface area contributed by atoms with Gasteiger partial charge in [0.25, 0.3) is 0 Å². The number of aryl methyl sites for hydroxylation is 1. The van der Waals surface area contributed by atoms with Crippen LogP contribution in [0.2, 0.25) is 0 Å². The zero-order chi connectivity index (χ0) is 12.2. The molecule has 0 aliphatic carbocycles. The third kappa shape index (κ3) is 4.62. The highest BCUT2D eigenvalue weighted by Gasteiger charge is 2.10. The van der Waals surface area contributed by atoms with E-state index in [1.54, 1.807) is 0 Å². The summed E-state index contributed by atoms with van der Waals surface area (Å²) >= 11 is 5.24. The first-order valence-electron chi connectivity index (χ1n) is 5.59. The molecule has 2 nitrogen and oxygen atoms in total. The molecule has 1 rings (SSSR count). The van der Waals surface area contributed by atoms with Gasteiger partial charge in [0.1, 0.15) is 0 Å². The zero-order valence-electron chi connectivity index (χ0n) is 10.4. The lowest BCUT2D eigenvalue weighted by Crippen LogP contribution is -2.42. The van der Waals surface area contributed by atoms with Crippen LogP contribution in [0.25, 0.3) is 0 Å². The van der Waals surface area contributed by atoms with E-state index in [1.807, 2.05) is 12.1 Å². The minimum atomic E-state index is -0.00749. The molecule has 0 fully saturated rings. The number of benzene rings is 1. The Kier molecular flexibility index (Phi) is 4.30. The van der Waals surface area contributed by atoms with E-state index >= 15 is 0 Å². The number of hydrogen-bond donors (Lipinski definition) is 2. The number of anilines is 1. The molecule has 0 unspecified atom stereocenters. The monoisotopic (exact) mass is 236 g/mol. The smallest absolute Gasteiger partial charge is 0.171 e. The van der Waals surface area contributed by atoms with E-state index in [2.05, 4.69) is 50.5 Å². The minimum Gasteiger partial charge on any atom is -0.358 e. The number of hydrogen-bond acceptors (Lipinski definition) is 1. The van der Waals surface area contributed by atoms with Crippen LogP contribution in [0.3, 0.4) is 0 Å². The lowest BCUT2D eigenvalue weighted by Gasteiger charge is -2.23. The fourth-order valence-corrected chi connectivity index (χ4v) is 1.80. The van der Waals surface area contributed by atoms with Gasteiger partial charge >= 0.3 is 0 Å². The van der Waals surface area contributed by atoms with Crippen molar-refractivity contribution in [2.45, 2.75) is 39.7 Å². The lowest BCUT2D eigenvalue weighted by atomic mass is 10.1. The van der Waals surface area contributed by atoms with Crippen LogP contribution in [0.1, 0.15) is 33.3 Å². The van der Waals surface area contributed by atoms with Crippen LogP contribution in [-0.4, -0.2) is 10.7 Å². The Morgan fingerprint density at radius 3 is 2.56 bits per heavy atom. The third-order valence-electron chi connectivity index (χ3n) is 2.08. The van der Waals surface area contributed by atoms with E-state index in [0.717, 1.165) is 12.1 Å². The summed E-state index contributed by atoms with van der Waals surface area (Å²) in [6, 6.07) is 8.30. The average molecular weight is 236 g/mol. The van der Waals surface area contributed by atoms with Gasteiger partial charge in [-0.1, -0.05) is 19.1 Å². The Balaban J connectivity index is 2.62. The Labute approximate surface area is 103 Å². The van der Waals surface area contributed by atoms with E-state index in [1.165, 1.54) is 5.56 Å². The molecule has 88 valence electrons. The van der Waals surface area contributed by atoms with Gasteiger partial charge in [-0.15, -0.1) is 0 Å². The van der Waals surface area contributed by atoms with Crippen LogP contribution in [-0.2, 0) is 6.42 Å². The quantitative estimate of drug-likeness (QED) is 0.770. The molecule has 1 aromatic rings. The van der Waals surface area contributed by atoms with Gasteiger partial charge in [0.15, 0.2) is 5.11 Å². The molecule has 3 heteroatoms. The molecule has 0 heterocycles. The topological polar surface area (TPSA) is 24.1 Å². The molecule has 2 N–H and O–H groups in total. The first kappa shape index (κ1) is 13.0. The summed E-state index contributed by atoms with van der Waals surface area (Å²) in [6.45, 7) is 8.40. The van der Waals surface area contributed by atoms with Gasteiger partial charge in [0.05, 0.1) is 0 Å². The molecular weight excluding hydrogens is 216 g/mol. The maximum atomic E-state index is 5.24. The molecule has 0 saturated carbocycles. The summed E-state index contributed by atoms with van der Waals surface area (Å²) in [5.41, 5.74) is 2.34. The highest BCUT2D eigenvalue weighted by Crippen LogP contribution is 2.11. The largest absolute Gasteiger partial charge is 0.358 e. The molecule has 0 saturated heterocycles. The van der Waals surface area contributed by atoms with Gasteiger partial charge in [-0.25, -0.2) is 0 Å². The maximum Gasteiger partial charge on any atom is 0.171 e. The Hall–Kier alpha value is -1.09. The second-order valence-electron chi connectivity index (χ2n) is 4.88. The lowest BCUT2D eigenvalue weighted by molar-refractivity contribution is 0.515. The van der Waals surface area contributed by atoms with Crippen molar-refractivity contribution >= 4 is 23.0 Å². The summed E-state index contributed by atoms with van der Waals surface area (Å²) in [7, 11) is 0. The van der Waals surface area contributed by atoms with Gasteiger partial charge in [-0.2, -0.15) is 0 Å². The summed E-state index contributed by atoms with van der Waals surface area (Å²) in [5.74, 6) is 0. The summed E-state index contributed by atoms with van der Waals surface area (Å²) in [6.07, 6.45) is 1.04. The molecule has 0 aliphatic heterocycles. The summed E-state index contributed by atoms with van der Waals surface area (Å²) in [4.78, 5) is 0. The fourth-order valence-electron chi connectivity index (χ4n) is 1.37. The highest BCUT2D eigenvalue weighted by atomic mass is 32.1. The molecule has 0 bridgehead atoms. The van der Waals surface area contributed by atoms with Crippen LogP contribution in [0.5, 0.6) is 0 Å². The molecule has 0 aromatic heterocycles. The van der Waals surface area contributed by atoms with Crippen molar-refractivity contribution in [1.29, 1.82) is 0 Å². The number of nitrogens with one attached hydrogen (secondary N) is 2. The molecule has 0 amide bonds. The first-order chi connectivity index (χ1) is 7.40. The van der Waals surface area contributed by atoms with Crippen LogP contribution < -0.4 is 10.6 Å². The first-order valence-corrected chi connectivity index (χ1v) is 5.99. The predicted octanol–water partition coefficient (Wildman–Crippen LogP) is 3.33. The molecule has 0 spiro atoms. The third-order valence-corrected chi connectivity index (χ3v) is 2.29. The van der Waals surface area contributed by atoms with E-state index in [9.17, 15) is 0 Å². The van der Waals surface area contributed by atoms with Crippen molar-refractivity contribution in [2.24, 2.45) is 0 Å². The molecule has 1 aromatic carbocycles. The van der Waals surface area contributed by atoms with E-state index < -0.39 is 0 Å². The van der Waals surface area contributed by atoms with Gasteiger partial charge in [-0.3, -0.25) is 0 Å². The molecule has 0 radical (unpaired) electrons. The van der Waals surface area contributed by atoms with Gasteiger partial charge in [-0.05, 0) is 57.1 Å². The Morgan fingerprint density at radius 2 is 2.00 bits per heavy atom. The van der Waals surface area contributed by atoms with Gasteiger partial charge in [0, 0.05) is 11.2 Å². The van der Waals surface area contributed by atoms with Crippen molar-refractivity contribution < 1.29 is 0 Å². The predicted molar refractivity (Wildman–Crippen MR) is 74.9 cm³/mol. The molecule has 0 atom stereocenters. The van der Waals surface area contributed by atoms with Crippen molar-refractivity contribution in [2.75, 3.05) is 5.32 Å². The molecule has 0 aliphatic rings. The minimum absolute atomic E-state index is 0.00749. The maximum absolute atomic E-state index is 5.24. The standard InChI is InChI=1S/C13H20N2S/c1-5-10-7-6-8-11(9-10)14-12(16)15-13(2,3)4/h6-9H,5H2,1-4H3,(H2,14,15,16). The van der Waals surface area contributed by atoms with Crippen molar-refractivity contribution in [3.05, 3.63) is 29.8 Å². The van der Waals surface area contributed by atoms with E-state index in [0.29, 0.717) is 5.11 Å². The summed E-state index contributed by atoms with van der Waals surface area (Å²) in [5, 5.41) is 7.09. The van der Waals surface area contributed by atoms with Crippen molar-refractivity contribution in [3.63, 3.8) is 0 Å². The Bertz CT molecular complexity index is 366. The normalized spacial score (nSPS) is 11.0. The van der Waals surface area contributed by atoms with Crippen molar-refractivity contribution in [3.8, 4) is 0 Å². The van der Waals surface area contributed by atoms with Crippen LogP contribution >= 0.6 is 12.2 Å². The van der Waals surface area contributed by atoms with E-state index in [4.69, 9.17) is 12.2 Å². The van der Waals surface area contributed by atoms with Gasteiger partial charge < -0.3 is 10.6 Å². The number of thiocarbonyl (C=S) groups is 1. The van der Waals surface area contributed by atoms with Crippen LogP contribution in [0.4, 0.5) is 5.69 Å². The van der Waals surface area contributed by atoms with Gasteiger partial charge in [0.2, 0.25) is 0 Å². The average Bonchev–Trinajstić information content (AvgIpc) is 2.15. The number of rotatable bonds is 2. The van der Waals surface area contributed by atoms with Crippen molar-refractivity contribution in [1.82, 2.24) is 5.32 Å². The zero-order valence-corrected chi connectivity index (χ0v) is 11.2. The van der Waals surface area contributed by atoms with E-state index in [-0.39, 0.29) is 5.54 Å². The van der Waals surface area contributed by atoms with Crippen LogP contribution in [0, 0.1) is 0 Å². The second-order valence-corrected chi connectivity index (χ2v) is 5.29. The fraction of sp³-hybridized carbons (Fsp3) is 0.462.